The zero-order valence-electron chi connectivity index (χ0n) is 14.7. The number of ether oxygens (including phenoxy) is 1. The van der Waals surface area contributed by atoms with E-state index in [-0.39, 0.29) is 10.7 Å². The van der Waals surface area contributed by atoms with Crippen molar-refractivity contribution in [3.05, 3.63) is 66.5 Å². The molecule has 0 unspecified atom stereocenters. The van der Waals surface area contributed by atoms with Gasteiger partial charge in [-0.05, 0) is 55.5 Å². The zero-order chi connectivity index (χ0) is 19.1. The van der Waals surface area contributed by atoms with Crippen LogP contribution in [-0.2, 0) is 16.6 Å². The van der Waals surface area contributed by atoms with E-state index in [2.05, 4.69) is 25.2 Å². The number of hydrogen-bond acceptors (Lipinski definition) is 7. The van der Waals surface area contributed by atoms with E-state index in [1.54, 1.807) is 30.5 Å². The van der Waals surface area contributed by atoms with E-state index in [0.717, 1.165) is 5.69 Å². The van der Waals surface area contributed by atoms with E-state index in [0.29, 0.717) is 24.7 Å². The minimum absolute atomic E-state index is 0.116. The van der Waals surface area contributed by atoms with Gasteiger partial charge in [0.05, 0.1) is 23.7 Å². The molecular formula is C18H19N5O3S. The molecular weight excluding hydrogens is 366 g/mol. The Morgan fingerprint density at radius 3 is 2.33 bits per heavy atom. The number of anilines is 2. The SMILES string of the molecule is CCOc1ccc(S(=O)(=O)Nc2ccc(NCc3ccccn3)nn2)cc1. The normalized spacial score (nSPS) is 11.0. The molecule has 0 aliphatic carbocycles. The van der Waals surface area contributed by atoms with Gasteiger partial charge in [0.15, 0.2) is 5.82 Å². The summed E-state index contributed by atoms with van der Waals surface area (Å²) in [6.45, 7) is 2.87. The van der Waals surface area contributed by atoms with Gasteiger partial charge in [0, 0.05) is 6.20 Å². The van der Waals surface area contributed by atoms with Gasteiger partial charge in [0.2, 0.25) is 0 Å². The molecule has 8 nitrogen and oxygen atoms in total. The molecule has 0 fully saturated rings. The molecule has 0 radical (unpaired) electrons. The van der Waals surface area contributed by atoms with Gasteiger partial charge < -0.3 is 10.1 Å². The zero-order valence-corrected chi connectivity index (χ0v) is 15.5. The maximum atomic E-state index is 12.4. The van der Waals surface area contributed by atoms with Crippen LogP contribution in [0.2, 0.25) is 0 Å². The molecule has 3 aromatic rings. The third-order valence-electron chi connectivity index (χ3n) is 3.53. The molecule has 2 aromatic heterocycles. The molecule has 2 heterocycles. The molecule has 3 rings (SSSR count). The molecule has 27 heavy (non-hydrogen) atoms. The first-order valence-corrected chi connectivity index (χ1v) is 9.78. The molecule has 0 spiro atoms. The number of benzene rings is 1. The van der Waals surface area contributed by atoms with Crippen molar-refractivity contribution in [2.45, 2.75) is 18.4 Å². The second kappa shape index (κ2) is 8.45. The Hall–Kier alpha value is -3.20. The van der Waals surface area contributed by atoms with Gasteiger partial charge in [-0.2, -0.15) is 0 Å². The van der Waals surface area contributed by atoms with Gasteiger partial charge >= 0.3 is 0 Å². The molecule has 0 aliphatic heterocycles. The minimum atomic E-state index is -3.75. The van der Waals surface area contributed by atoms with E-state index < -0.39 is 10.0 Å². The van der Waals surface area contributed by atoms with Gasteiger partial charge in [-0.1, -0.05) is 6.07 Å². The first-order chi connectivity index (χ1) is 13.1. The first-order valence-electron chi connectivity index (χ1n) is 8.30. The van der Waals surface area contributed by atoms with E-state index >= 15 is 0 Å². The van der Waals surface area contributed by atoms with Gasteiger partial charge in [-0.3, -0.25) is 9.71 Å². The summed E-state index contributed by atoms with van der Waals surface area (Å²) < 4.78 is 32.6. The van der Waals surface area contributed by atoms with Crippen LogP contribution in [0.1, 0.15) is 12.6 Å². The fraction of sp³-hybridized carbons (Fsp3) is 0.167. The van der Waals surface area contributed by atoms with E-state index in [9.17, 15) is 8.42 Å². The maximum absolute atomic E-state index is 12.4. The fourth-order valence-corrected chi connectivity index (χ4v) is 3.24. The highest BCUT2D eigenvalue weighted by atomic mass is 32.2. The van der Waals surface area contributed by atoms with Crippen molar-refractivity contribution in [1.29, 1.82) is 0 Å². The van der Waals surface area contributed by atoms with Crippen LogP contribution in [0.5, 0.6) is 5.75 Å². The van der Waals surface area contributed by atoms with Crippen LogP contribution in [0.25, 0.3) is 0 Å². The van der Waals surface area contributed by atoms with Crippen LogP contribution in [-0.4, -0.2) is 30.2 Å². The smallest absolute Gasteiger partial charge is 0.263 e. The number of nitrogens with zero attached hydrogens (tertiary/aromatic N) is 3. The first kappa shape index (κ1) is 18.6. The number of pyridine rings is 1. The molecule has 0 bridgehead atoms. The molecule has 0 saturated carbocycles. The fourth-order valence-electron chi connectivity index (χ4n) is 2.24. The summed E-state index contributed by atoms with van der Waals surface area (Å²) in [5.74, 6) is 1.26. The molecule has 2 N–H and O–H groups in total. The Bertz CT molecular complexity index is 962. The van der Waals surface area contributed by atoms with Gasteiger partial charge in [-0.25, -0.2) is 8.42 Å². The largest absolute Gasteiger partial charge is 0.494 e. The van der Waals surface area contributed by atoms with Crippen LogP contribution < -0.4 is 14.8 Å². The quantitative estimate of drug-likeness (QED) is 0.614. The second-order valence-electron chi connectivity index (χ2n) is 5.49. The predicted molar refractivity (Wildman–Crippen MR) is 102 cm³/mol. The van der Waals surface area contributed by atoms with Crippen LogP contribution >= 0.6 is 0 Å². The van der Waals surface area contributed by atoms with E-state index in [1.807, 2.05) is 25.1 Å². The third-order valence-corrected chi connectivity index (χ3v) is 4.90. The molecule has 9 heteroatoms. The maximum Gasteiger partial charge on any atom is 0.263 e. The molecule has 0 aliphatic rings. The average molecular weight is 385 g/mol. The van der Waals surface area contributed by atoms with Crippen molar-refractivity contribution in [2.75, 3.05) is 16.6 Å². The lowest BCUT2D eigenvalue weighted by molar-refractivity contribution is 0.340. The number of rotatable bonds is 8. The number of aromatic nitrogens is 3. The highest BCUT2D eigenvalue weighted by Gasteiger charge is 2.15. The van der Waals surface area contributed by atoms with Crippen LogP contribution in [0.15, 0.2) is 65.7 Å². The van der Waals surface area contributed by atoms with Gasteiger partial charge in [0.1, 0.15) is 11.6 Å². The standard InChI is InChI=1S/C18H19N5O3S/c1-2-26-15-6-8-16(9-7-15)27(24,25)23-18-11-10-17(21-22-18)20-13-14-5-3-4-12-19-14/h3-12H,2,13H2,1H3,(H,20,21)(H,22,23). The van der Waals surface area contributed by atoms with Gasteiger partial charge in [-0.15, -0.1) is 10.2 Å². The number of nitrogens with one attached hydrogen (secondary N) is 2. The Labute approximate surface area is 157 Å². The van der Waals surface area contributed by atoms with Crippen molar-refractivity contribution < 1.29 is 13.2 Å². The van der Waals surface area contributed by atoms with Crippen molar-refractivity contribution in [3.63, 3.8) is 0 Å². The Morgan fingerprint density at radius 1 is 0.963 bits per heavy atom. The van der Waals surface area contributed by atoms with E-state index in [4.69, 9.17) is 4.74 Å². The Morgan fingerprint density at radius 2 is 1.70 bits per heavy atom. The van der Waals surface area contributed by atoms with Crippen molar-refractivity contribution in [3.8, 4) is 5.75 Å². The molecule has 140 valence electrons. The average Bonchev–Trinajstić information content (AvgIpc) is 2.69. The lowest BCUT2D eigenvalue weighted by atomic mass is 10.3. The summed E-state index contributed by atoms with van der Waals surface area (Å²) in [4.78, 5) is 4.32. The van der Waals surface area contributed by atoms with Crippen LogP contribution in [0.3, 0.4) is 0 Å². The Kier molecular flexibility index (Phi) is 5.82. The molecule has 0 atom stereocenters. The summed E-state index contributed by atoms with van der Waals surface area (Å²) in [6.07, 6.45) is 1.71. The summed E-state index contributed by atoms with van der Waals surface area (Å²) >= 11 is 0. The highest BCUT2D eigenvalue weighted by molar-refractivity contribution is 7.92. The molecule has 1 aromatic carbocycles. The topological polar surface area (TPSA) is 106 Å². The summed E-state index contributed by atoms with van der Waals surface area (Å²) in [5.41, 5.74) is 0.861. The second-order valence-corrected chi connectivity index (χ2v) is 7.17. The lowest BCUT2D eigenvalue weighted by Gasteiger charge is -2.09. The van der Waals surface area contributed by atoms with Crippen LogP contribution in [0.4, 0.5) is 11.6 Å². The molecule has 0 amide bonds. The highest BCUT2D eigenvalue weighted by Crippen LogP contribution is 2.18. The number of sulfonamides is 1. The minimum Gasteiger partial charge on any atom is -0.494 e. The summed E-state index contributed by atoms with van der Waals surface area (Å²) in [5, 5.41) is 10.9. The van der Waals surface area contributed by atoms with Crippen molar-refractivity contribution >= 4 is 21.7 Å². The summed E-state index contributed by atoms with van der Waals surface area (Å²) in [6, 6.07) is 15.0. The van der Waals surface area contributed by atoms with Crippen LogP contribution in [0, 0.1) is 0 Å². The van der Waals surface area contributed by atoms with Gasteiger partial charge in [0.25, 0.3) is 10.0 Å². The monoisotopic (exact) mass is 385 g/mol. The number of hydrogen-bond donors (Lipinski definition) is 2. The lowest BCUT2D eigenvalue weighted by Crippen LogP contribution is -2.14. The van der Waals surface area contributed by atoms with Crippen molar-refractivity contribution in [1.82, 2.24) is 15.2 Å². The third kappa shape index (κ3) is 5.14. The summed E-state index contributed by atoms with van der Waals surface area (Å²) in [7, 11) is -3.75. The Balaban J connectivity index is 1.62. The van der Waals surface area contributed by atoms with Crippen molar-refractivity contribution in [2.24, 2.45) is 0 Å². The predicted octanol–water partition coefficient (Wildman–Crippen LogP) is 2.68. The van der Waals surface area contributed by atoms with E-state index in [1.165, 1.54) is 12.1 Å². The molecule has 0 saturated heterocycles.